The van der Waals surface area contributed by atoms with Crippen molar-refractivity contribution in [2.45, 2.75) is 44.3 Å². The first-order valence-electron chi connectivity index (χ1n) is 13.7. The molecule has 0 radical (unpaired) electrons. The maximum atomic E-state index is 14.7. The standard InChI is InChI=1S/C31H38FN3O8S/c1-20(2)33-31(37)21(3)34(18-22-10-8-9-11-25(22)32)30(36)19-35(26-16-23(40-4)12-14-27(26)41-5)44(38,39)24-13-15-28(42-6)29(17-24)43-7/h8-17,20-21H,18-19H2,1-7H3,(H,33,37)/t21-/m1/s1. The van der Waals surface area contributed by atoms with Crippen LogP contribution in [0.4, 0.5) is 10.1 Å². The number of sulfonamides is 1. The van der Waals surface area contributed by atoms with Gasteiger partial charge in [-0.25, -0.2) is 12.8 Å². The Morgan fingerprint density at radius 3 is 2.07 bits per heavy atom. The number of hydrogen-bond acceptors (Lipinski definition) is 8. The van der Waals surface area contributed by atoms with Crippen LogP contribution in [0.15, 0.2) is 65.6 Å². The molecular formula is C31H38FN3O8S. The molecule has 3 rings (SSSR count). The first-order valence-corrected chi connectivity index (χ1v) is 15.1. The van der Waals surface area contributed by atoms with E-state index in [-0.39, 0.29) is 40.2 Å². The molecule has 0 fully saturated rings. The number of rotatable bonds is 14. The fourth-order valence-electron chi connectivity index (χ4n) is 4.41. The van der Waals surface area contributed by atoms with Gasteiger partial charge in [-0.05, 0) is 51.1 Å². The topological polar surface area (TPSA) is 124 Å². The van der Waals surface area contributed by atoms with Crippen molar-refractivity contribution in [3.8, 4) is 23.0 Å². The molecule has 0 aliphatic heterocycles. The van der Waals surface area contributed by atoms with Crippen LogP contribution in [-0.2, 0) is 26.2 Å². The van der Waals surface area contributed by atoms with E-state index in [0.717, 1.165) is 9.21 Å². The van der Waals surface area contributed by atoms with Crippen molar-refractivity contribution in [2.75, 3.05) is 39.3 Å². The van der Waals surface area contributed by atoms with Crippen molar-refractivity contribution in [1.82, 2.24) is 10.2 Å². The van der Waals surface area contributed by atoms with Crippen molar-refractivity contribution < 1.29 is 41.3 Å². The molecule has 11 nitrogen and oxygen atoms in total. The van der Waals surface area contributed by atoms with Gasteiger partial charge in [-0.15, -0.1) is 0 Å². The summed E-state index contributed by atoms with van der Waals surface area (Å²) >= 11 is 0. The number of ether oxygens (including phenoxy) is 4. The second-order valence-electron chi connectivity index (χ2n) is 10.0. The van der Waals surface area contributed by atoms with Gasteiger partial charge >= 0.3 is 0 Å². The number of carbonyl (C=O) groups excluding carboxylic acids is 2. The molecule has 0 saturated heterocycles. The number of hydrogen-bond donors (Lipinski definition) is 1. The van der Waals surface area contributed by atoms with Crippen LogP contribution in [0.25, 0.3) is 0 Å². The van der Waals surface area contributed by atoms with E-state index in [9.17, 15) is 22.4 Å². The van der Waals surface area contributed by atoms with Crippen LogP contribution in [0.2, 0.25) is 0 Å². The minimum Gasteiger partial charge on any atom is -0.497 e. The van der Waals surface area contributed by atoms with Gasteiger partial charge in [-0.3, -0.25) is 13.9 Å². The number of amides is 2. The third-order valence-corrected chi connectivity index (χ3v) is 8.53. The van der Waals surface area contributed by atoms with Crippen LogP contribution in [-0.4, -0.2) is 72.2 Å². The molecule has 0 aromatic heterocycles. The minimum atomic E-state index is -4.50. The Balaban J connectivity index is 2.18. The largest absolute Gasteiger partial charge is 0.497 e. The Bertz CT molecular complexity index is 1580. The van der Waals surface area contributed by atoms with Crippen molar-refractivity contribution in [3.63, 3.8) is 0 Å². The molecule has 0 saturated carbocycles. The molecule has 0 spiro atoms. The molecule has 44 heavy (non-hydrogen) atoms. The molecule has 3 aromatic carbocycles. The van der Waals surface area contributed by atoms with Gasteiger partial charge in [0, 0.05) is 30.3 Å². The molecule has 13 heteroatoms. The summed E-state index contributed by atoms with van der Waals surface area (Å²) in [4.78, 5) is 28.1. The van der Waals surface area contributed by atoms with E-state index in [1.165, 1.54) is 83.9 Å². The van der Waals surface area contributed by atoms with Gasteiger partial charge in [0.25, 0.3) is 10.0 Å². The highest BCUT2D eigenvalue weighted by atomic mass is 32.2. The monoisotopic (exact) mass is 631 g/mol. The average Bonchev–Trinajstić information content (AvgIpc) is 3.01. The van der Waals surface area contributed by atoms with Crippen LogP contribution < -0.4 is 28.6 Å². The van der Waals surface area contributed by atoms with E-state index in [0.29, 0.717) is 11.5 Å². The second kappa shape index (κ2) is 14.8. The maximum absolute atomic E-state index is 14.7. The zero-order valence-corrected chi connectivity index (χ0v) is 26.6. The van der Waals surface area contributed by atoms with Gasteiger partial charge in [0.2, 0.25) is 11.8 Å². The predicted octanol–water partition coefficient (Wildman–Crippen LogP) is 4.00. The van der Waals surface area contributed by atoms with Crippen LogP contribution in [0.3, 0.4) is 0 Å². The molecular weight excluding hydrogens is 593 g/mol. The smallest absolute Gasteiger partial charge is 0.265 e. The first kappa shape index (κ1) is 34.0. The van der Waals surface area contributed by atoms with Gasteiger partial charge in [0.15, 0.2) is 11.5 Å². The lowest BCUT2D eigenvalue weighted by atomic mass is 10.1. The summed E-state index contributed by atoms with van der Waals surface area (Å²) < 4.78 is 65.6. The van der Waals surface area contributed by atoms with E-state index in [2.05, 4.69) is 5.32 Å². The Kier molecular flexibility index (Phi) is 11.4. The van der Waals surface area contributed by atoms with E-state index in [1.807, 2.05) is 0 Å². The summed E-state index contributed by atoms with van der Waals surface area (Å²) in [7, 11) is 1.05. The normalized spacial score (nSPS) is 11.8. The molecule has 2 amide bonds. The summed E-state index contributed by atoms with van der Waals surface area (Å²) in [5.74, 6) is -0.952. The van der Waals surface area contributed by atoms with Gasteiger partial charge in [-0.1, -0.05) is 18.2 Å². The second-order valence-corrected chi connectivity index (χ2v) is 11.9. The first-order chi connectivity index (χ1) is 20.9. The lowest BCUT2D eigenvalue weighted by Gasteiger charge is -2.32. The molecule has 3 aromatic rings. The molecule has 0 aliphatic carbocycles. The van der Waals surface area contributed by atoms with Crippen molar-refractivity contribution in [1.29, 1.82) is 0 Å². The third-order valence-electron chi connectivity index (χ3n) is 6.77. The number of halogens is 1. The summed E-state index contributed by atoms with van der Waals surface area (Å²) in [6.45, 7) is 3.96. The molecule has 0 bridgehead atoms. The predicted molar refractivity (Wildman–Crippen MR) is 163 cm³/mol. The van der Waals surface area contributed by atoms with Crippen molar-refractivity contribution in [3.05, 3.63) is 72.0 Å². The third kappa shape index (κ3) is 7.70. The summed E-state index contributed by atoms with van der Waals surface area (Å²) in [6.07, 6.45) is 0. The number of nitrogens with zero attached hydrogens (tertiary/aromatic N) is 2. The fraction of sp³-hybridized carbons (Fsp3) is 0.355. The van der Waals surface area contributed by atoms with Gasteiger partial charge in [0.05, 0.1) is 39.0 Å². The number of anilines is 1. The Morgan fingerprint density at radius 2 is 1.48 bits per heavy atom. The number of nitrogens with one attached hydrogen (secondary N) is 1. The lowest BCUT2D eigenvalue weighted by molar-refractivity contribution is -0.139. The average molecular weight is 632 g/mol. The summed E-state index contributed by atoms with van der Waals surface area (Å²) in [5.41, 5.74) is 0.151. The van der Waals surface area contributed by atoms with Gasteiger partial charge in [0.1, 0.15) is 29.9 Å². The SMILES string of the molecule is COc1ccc(OC)c(N(CC(=O)N(Cc2ccccc2F)[C@H](C)C(=O)NC(C)C)S(=O)(=O)c2ccc(OC)c(OC)c2)c1. The quantitative estimate of drug-likeness (QED) is 0.283. The van der Waals surface area contributed by atoms with Crippen LogP contribution in [0.5, 0.6) is 23.0 Å². The van der Waals surface area contributed by atoms with E-state index in [4.69, 9.17) is 18.9 Å². The summed E-state index contributed by atoms with van der Waals surface area (Å²) in [6, 6.07) is 13.0. The van der Waals surface area contributed by atoms with Crippen LogP contribution in [0.1, 0.15) is 26.3 Å². The number of benzene rings is 3. The molecule has 0 aliphatic rings. The molecule has 0 heterocycles. The molecule has 1 N–H and O–H groups in total. The minimum absolute atomic E-state index is 0.000103. The fourth-order valence-corrected chi connectivity index (χ4v) is 5.84. The maximum Gasteiger partial charge on any atom is 0.265 e. The lowest BCUT2D eigenvalue weighted by Crippen LogP contribution is -2.52. The van der Waals surface area contributed by atoms with Crippen molar-refractivity contribution in [2.24, 2.45) is 0 Å². The van der Waals surface area contributed by atoms with Crippen molar-refractivity contribution >= 4 is 27.5 Å². The van der Waals surface area contributed by atoms with E-state index < -0.39 is 40.2 Å². The van der Waals surface area contributed by atoms with E-state index >= 15 is 0 Å². The highest BCUT2D eigenvalue weighted by Gasteiger charge is 2.35. The highest BCUT2D eigenvalue weighted by Crippen LogP contribution is 2.37. The van der Waals surface area contributed by atoms with Crippen LogP contribution in [0, 0.1) is 5.82 Å². The molecule has 0 unspecified atom stereocenters. The number of carbonyl (C=O) groups is 2. The van der Waals surface area contributed by atoms with Crippen LogP contribution >= 0.6 is 0 Å². The molecule has 238 valence electrons. The Hall–Kier alpha value is -4.52. The highest BCUT2D eigenvalue weighted by molar-refractivity contribution is 7.92. The Labute approximate surface area is 257 Å². The zero-order valence-electron chi connectivity index (χ0n) is 25.8. The van der Waals surface area contributed by atoms with Gasteiger partial charge in [-0.2, -0.15) is 0 Å². The van der Waals surface area contributed by atoms with Gasteiger partial charge < -0.3 is 29.2 Å². The zero-order chi connectivity index (χ0) is 32.6. The van der Waals surface area contributed by atoms with E-state index in [1.54, 1.807) is 26.0 Å². The number of methoxy groups -OCH3 is 4. The summed E-state index contributed by atoms with van der Waals surface area (Å²) in [5, 5.41) is 2.76. The molecule has 1 atom stereocenters. The Morgan fingerprint density at radius 1 is 0.841 bits per heavy atom.